The zero-order valence-electron chi connectivity index (χ0n) is 27.4. The van der Waals surface area contributed by atoms with Crippen molar-refractivity contribution in [3.8, 4) is 0 Å². The Morgan fingerprint density at radius 1 is 1.00 bits per heavy atom. The Hall–Kier alpha value is -0.940. The Kier molecular flexibility index (Phi) is 10.5. The molecule has 0 bridgehead atoms. The highest BCUT2D eigenvalue weighted by molar-refractivity contribution is 5.26. The van der Waals surface area contributed by atoms with Crippen LogP contribution in [-0.4, -0.2) is 39.4 Å². The highest BCUT2D eigenvalue weighted by Gasteiger charge is 2.49. The third-order valence-corrected chi connectivity index (χ3v) is 12.4. The maximum atomic E-state index is 11.4. The molecule has 0 aromatic rings. The monoisotopic (exact) mass is 582 g/mol. The predicted molar refractivity (Wildman–Crippen MR) is 171 cm³/mol. The number of hydrogen-bond donors (Lipinski definition) is 3. The first-order chi connectivity index (χ1) is 19.9. The van der Waals surface area contributed by atoms with Crippen LogP contribution in [0.4, 0.5) is 0 Å². The van der Waals surface area contributed by atoms with Gasteiger partial charge in [-0.15, -0.1) is 0 Å². The molecule has 4 fully saturated rings. The maximum absolute atomic E-state index is 11.4. The average Bonchev–Trinajstić information content (AvgIpc) is 3.13. The molecule has 0 heterocycles. The van der Waals surface area contributed by atoms with Gasteiger partial charge in [0.1, 0.15) is 0 Å². The third-order valence-electron chi connectivity index (χ3n) is 12.4. The van der Waals surface area contributed by atoms with Gasteiger partial charge in [0.05, 0.1) is 17.8 Å². The van der Waals surface area contributed by atoms with E-state index in [4.69, 9.17) is 4.74 Å². The molecule has 0 saturated heterocycles. The third kappa shape index (κ3) is 7.47. The molecule has 5 aliphatic rings. The fraction of sp³-hybridized carbons (Fsp3) is 0.842. The molecular weight excluding hydrogens is 520 g/mol. The van der Waals surface area contributed by atoms with E-state index in [1.807, 2.05) is 20.8 Å². The van der Waals surface area contributed by atoms with Crippen molar-refractivity contribution in [1.82, 2.24) is 0 Å². The minimum atomic E-state index is -1.03. The van der Waals surface area contributed by atoms with Crippen LogP contribution in [-0.2, 0) is 4.74 Å². The molecule has 4 heteroatoms. The van der Waals surface area contributed by atoms with Crippen molar-refractivity contribution in [1.29, 1.82) is 0 Å². The van der Waals surface area contributed by atoms with E-state index in [0.717, 1.165) is 48.3 Å². The molecule has 3 N–H and O–H groups in total. The molecule has 13 unspecified atom stereocenters. The molecule has 13 atom stereocenters. The molecular formula is C38H62O4. The summed E-state index contributed by atoms with van der Waals surface area (Å²) >= 11 is 0. The average molecular weight is 583 g/mol. The Morgan fingerprint density at radius 3 is 2.55 bits per heavy atom. The first-order valence-corrected chi connectivity index (χ1v) is 17.7. The SMILES string of the molecule is C=C(CC(O)CC1CC2CCC(C=CC(O)C3CCC(C)C(C4C5=CCCCCC5C4C)C3)CC21)C(O)OC(C)(C)C. The molecule has 4 nitrogen and oxygen atoms in total. The van der Waals surface area contributed by atoms with Crippen molar-refractivity contribution >= 4 is 0 Å². The molecule has 5 aliphatic carbocycles. The van der Waals surface area contributed by atoms with Crippen LogP contribution in [0.25, 0.3) is 0 Å². The number of hydrogen-bond acceptors (Lipinski definition) is 4. The van der Waals surface area contributed by atoms with E-state index in [-0.39, 0.29) is 6.10 Å². The van der Waals surface area contributed by atoms with Gasteiger partial charge in [0, 0.05) is 0 Å². The van der Waals surface area contributed by atoms with Crippen LogP contribution >= 0.6 is 0 Å². The summed E-state index contributed by atoms with van der Waals surface area (Å²) in [6.07, 6.45) is 20.4. The van der Waals surface area contributed by atoms with Crippen LogP contribution in [0, 0.1) is 59.2 Å². The van der Waals surface area contributed by atoms with Gasteiger partial charge in [0.2, 0.25) is 0 Å². The molecule has 0 radical (unpaired) electrons. The van der Waals surface area contributed by atoms with E-state index in [1.165, 1.54) is 64.2 Å². The van der Waals surface area contributed by atoms with Crippen molar-refractivity contribution in [3.63, 3.8) is 0 Å². The number of fused-ring (bicyclic) bond motifs is 2. The first kappa shape index (κ1) is 32.5. The van der Waals surface area contributed by atoms with E-state index < -0.39 is 18.0 Å². The van der Waals surface area contributed by atoms with Crippen LogP contribution in [0.1, 0.15) is 118 Å². The lowest BCUT2D eigenvalue weighted by Gasteiger charge is -2.53. The number of ether oxygens (including phenoxy) is 1. The molecule has 0 aromatic carbocycles. The molecule has 4 saturated carbocycles. The van der Waals surface area contributed by atoms with Crippen molar-refractivity contribution < 1.29 is 20.1 Å². The summed E-state index contributed by atoms with van der Waals surface area (Å²) in [4.78, 5) is 0. The summed E-state index contributed by atoms with van der Waals surface area (Å²) in [6, 6.07) is 0. The summed E-state index contributed by atoms with van der Waals surface area (Å²) in [5.74, 6) is 6.87. The van der Waals surface area contributed by atoms with E-state index in [0.29, 0.717) is 35.7 Å². The van der Waals surface area contributed by atoms with Crippen molar-refractivity contribution in [3.05, 3.63) is 36.0 Å². The fourth-order valence-corrected chi connectivity index (χ4v) is 9.99. The lowest BCUT2D eigenvalue weighted by atomic mass is 9.51. The Labute approximate surface area is 257 Å². The van der Waals surface area contributed by atoms with Crippen LogP contribution in [0.5, 0.6) is 0 Å². The van der Waals surface area contributed by atoms with E-state index in [9.17, 15) is 15.3 Å². The highest BCUT2D eigenvalue weighted by Crippen LogP contribution is 2.57. The molecule has 0 spiro atoms. The summed E-state index contributed by atoms with van der Waals surface area (Å²) in [7, 11) is 0. The van der Waals surface area contributed by atoms with Crippen LogP contribution in [0.15, 0.2) is 36.0 Å². The van der Waals surface area contributed by atoms with Crippen molar-refractivity contribution in [2.75, 3.05) is 0 Å². The molecule has 238 valence electrons. The van der Waals surface area contributed by atoms with Crippen LogP contribution in [0.2, 0.25) is 0 Å². The molecule has 5 rings (SSSR count). The summed E-state index contributed by atoms with van der Waals surface area (Å²) < 4.78 is 5.61. The van der Waals surface area contributed by atoms with Gasteiger partial charge in [0.25, 0.3) is 0 Å². The topological polar surface area (TPSA) is 69.9 Å². The molecule has 0 aliphatic heterocycles. The van der Waals surface area contributed by atoms with Gasteiger partial charge in [-0.1, -0.05) is 57.1 Å². The van der Waals surface area contributed by atoms with Gasteiger partial charge in [-0.05, 0) is 156 Å². The van der Waals surface area contributed by atoms with Crippen LogP contribution in [0.3, 0.4) is 0 Å². The Balaban J connectivity index is 1.09. The number of aliphatic hydroxyl groups is 3. The van der Waals surface area contributed by atoms with Gasteiger partial charge in [0.15, 0.2) is 6.29 Å². The van der Waals surface area contributed by atoms with Gasteiger partial charge < -0.3 is 20.1 Å². The van der Waals surface area contributed by atoms with Gasteiger partial charge >= 0.3 is 0 Å². The zero-order valence-corrected chi connectivity index (χ0v) is 27.4. The van der Waals surface area contributed by atoms with Gasteiger partial charge in [-0.3, -0.25) is 0 Å². The second kappa shape index (κ2) is 13.6. The summed E-state index contributed by atoms with van der Waals surface area (Å²) in [5, 5.41) is 32.5. The number of aliphatic hydroxyl groups excluding tert-OH is 3. The van der Waals surface area contributed by atoms with E-state index >= 15 is 0 Å². The number of rotatable bonds is 10. The lowest BCUT2D eigenvalue weighted by molar-refractivity contribution is -0.146. The first-order valence-electron chi connectivity index (χ1n) is 17.7. The smallest absolute Gasteiger partial charge is 0.177 e. The largest absolute Gasteiger partial charge is 0.393 e. The Bertz CT molecular complexity index is 976. The van der Waals surface area contributed by atoms with Gasteiger partial charge in [-0.25, -0.2) is 0 Å². The second-order valence-corrected chi connectivity index (χ2v) is 16.4. The molecule has 0 amide bonds. The minimum Gasteiger partial charge on any atom is -0.393 e. The second-order valence-electron chi connectivity index (χ2n) is 16.4. The number of allylic oxidation sites excluding steroid dienone is 3. The van der Waals surface area contributed by atoms with Gasteiger partial charge in [-0.2, -0.15) is 0 Å². The summed E-state index contributed by atoms with van der Waals surface area (Å²) in [5.41, 5.74) is 1.90. The standard InChI is InChI=1S/C38H62O4/c1-23-12-15-28(22-33(23)36-25(3)31-10-8-7-9-11-32(31)36)35(40)17-14-26-13-16-27-20-29(34(27)19-26)21-30(39)18-24(2)37(41)42-38(4,5)6/h11,14,17,23,25-31,33-37,39-41H,2,7-10,12-13,15-16,18-22H2,1,3-6H3. The normalized spacial score (nSPS) is 40.9. The van der Waals surface area contributed by atoms with Crippen molar-refractivity contribution in [2.45, 2.75) is 142 Å². The van der Waals surface area contributed by atoms with E-state index in [1.54, 1.807) is 5.57 Å². The summed E-state index contributed by atoms with van der Waals surface area (Å²) in [6.45, 7) is 14.7. The Morgan fingerprint density at radius 2 is 1.79 bits per heavy atom. The van der Waals surface area contributed by atoms with Crippen LogP contribution < -0.4 is 0 Å². The highest BCUT2D eigenvalue weighted by atomic mass is 16.6. The quantitative estimate of drug-likeness (QED) is 0.179. The maximum Gasteiger partial charge on any atom is 0.177 e. The zero-order chi connectivity index (χ0) is 30.2. The molecule has 0 aromatic heterocycles. The minimum absolute atomic E-state index is 0.321. The van der Waals surface area contributed by atoms with E-state index in [2.05, 4.69) is 38.7 Å². The molecule has 42 heavy (non-hydrogen) atoms. The fourth-order valence-electron chi connectivity index (χ4n) is 9.99. The van der Waals surface area contributed by atoms with Crippen molar-refractivity contribution in [2.24, 2.45) is 59.2 Å². The predicted octanol–water partition coefficient (Wildman–Crippen LogP) is 8.22. The lowest BCUT2D eigenvalue weighted by Crippen LogP contribution is -2.46.